The molecular weight excluding hydrogens is 252 g/mol. The van der Waals surface area contributed by atoms with Crippen molar-refractivity contribution in [3.05, 3.63) is 39.1 Å². The zero-order chi connectivity index (χ0) is 13.1. The third kappa shape index (κ3) is 2.35. The normalized spacial score (nSPS) is 10.8. The molecular formula is C13H15ClN2O2. The number of halogens is 1. The van der Waals surface area contributed by atoms with Crippen LogP contribution in [-0.2, 0) is 6.42 Å². The number of aryl methyl sites for hydroxylation is 1. The van der Waals surface area contributed by atoms with Gasteiger partial charge in [-0.1, -0.05) is 11.6 Å². The Bertz CT molecular complexity index is 622. The van der Waals surface area contributed by atoms with Crippen molar-refractivity contribution in [2.24, 2.45) is 5.73 Å². The van der Waals surface area contributed by atoms with Gasteiger partial charge < -0.3 is 15.5 Å². The van der Waals surface area contributed by atoms with Crippen molar-refractivity contribution in [3.63, 3.8) is 0 Å². The summed E-state index contributed by atoms with van der Waals surface area (Å²) < 4.78 is 5.28. The number of H-pyrrole nitrogens is 1. The van der Waals surface area contributed by atoms with E-state index in [0.29, 0.717) is 34.8 Å². The number of rotatable bonds is 4. The monoisotopic (exact) mass is 266 g/mol. The Balaban J connectivity index is 2.64. The van der Waals surface area contributed by atoms with Gasteiger partial charge in [-0.05, 0) is 37.6 Å². The Kier molecular flexibility index (Phi) is 3.89. The highest BCUT2D eigenvalue weighted by Crippen LogP contribution is 2.29. The van der Waals surface area contributed by atoms with Crippen molar-refractivity contribution in [3.8, 4) is 5.75 Å². The molecule has 0 bridgehead atoms. The van der Waals surface area contributed by atoms with Gasteiger partial charge >= 0.3 is 0 Å². The van der Waals surface area contributed by atoms with Crippen molar-refractivity contribution in [1.29, 1.82) is 0 Å². The Hall–Kier alpha value is -1.52. The zero-order valence-electron chi connectivity index (χ0n) is 10.1. The van der Waals surface area contributed by atoms with Gasteiger partial charge in [0.2, 0.25) is 0 Å². The molecule has 96 valence electrons. The molecule has 2 rings (SSSR count). The summed E-state index contributed by atoms with van der Waals surface area (Å²) >= 11 is 6.07. The van der Waals surface area contributed by atoms with Crippen LogP contribution in [0.3, 0.4) is 0 Å². The molecule has 0 aliphatic carbocycles. The third-order valence-corrected chi connectivity index (χ3v) is 3.19. The molecule has 0 atom stereocenters. The van der Waals surface area contributed by atoms with Gasteiger partial charge in [-0.25, -0.2) is 0 Å². The van der Waals surface area contributed by atoms with E-state index in [2.05, 4.69) is 4.98 Å². The SMILES string of the molecule is COc1ccc(Cl)c2[nH]c(=O)c(CCCN)cc12. The van der Waals surface area contributed by atoms with Gasteiger partial charge in [-0.2, -0.15) is 0 Å². The first-order valence-electron chi connectivity index (χ1n) is 5.76. The van der Waals surface area contributed by atoms with Gasteiger partial charge in [-0.15, -0.1) is 0 Å². The molecule has 0 unspecified atom stereocenters. The predicted molar refractivity (Wildman–Crippen MR) is 73.5 cm³/mol. The Morgan fingerprint density at radius 3 is 2.89 bits per heavy atom. The van der Waals surface area contributed by atoms with Crippen molar-refractivity contribution in [1.82, 2.24) is 4.98 Å². The van der Waals surface area contributed by atoms with Crippen LogP contribution in [0.15, 0.2) is 23.0 Å². The lowest BCUT2D eigenvalue weighted by atomic mass is 10.1. The minimum Gasteiger partial charge on any atom is -0.496 e. The first kappa shape index (κ1) is 12.9. The second-order valence-electron chi connectivity index (χ2n) is 4.05. The van der Waals surface area contributed by atoms with E-state index in [1.807, 2.05) is 6.07 Å². The molecule has 2 aromatic rings. The molecule has 3 N–H and O–H groups in total. The van der Waals surface area contributed by atoms with Crippen LogP contribution >= 0.6 is 11.6 Å². The van der Waals surface area contributed by atoms with E-state index >= 15 is 0 Å². The van der Waals surface area contributed by atoms with Gasteiger partial charge in [-0.3, -0.25) is 4.79 Å². The van der Waals surface area contributed by atoms with Gasteiger partial charge in [0.1, 0.15) is 5.75 Å². The maximum Gasteiger partial charge on any atom is 0.251 e. The van der Waals surface area contributed by atoms with Crippen LogP contribution in [0.25, 0.3) is 10.9 Å². The number of pyridine rings is 1. The van der Waals surface area contributed by atoms with Crippen LogP contribution in [0, 0.1) is 0 Å². The number of benzene rings is 1. The van der Waals surface area contributed by atoms with Crippen LogP contribution in [0.2, 0.25) is 5.02 Å². The van der Waals surface area contributed by atoms with Crippen LogP contribution in [0.1, 0.15) is 12.0 Å². The van der Waals surface area contributed by atoms with Crippen LogP contribution < -0.4 is 16.0 Å². The Morgan fingerprint density at radius 2 is 2.22 bits per heavy atom. The van der Waals surface area contributed by atoms with E-state index in [4.69, 9.17) is 22.1 Å². The third-order valence-electron chi connectivity index (χ3n) is 2.87. The van der Waals surface area contributed by atoms with E-state index in [1.165, 1.54) is 0 Å². The summed E-state index contributed by atoms with van der Waals surface area (Å²) in [7, 11) is 1.59. The summed E-state index contributed by atoms with van der Waals surface area (Å²) in [6.45, 7) is 0.560. The first-order valence-corrected chi connectivity index (χ1v) is 6.13. The average molecular weight is 267 g/mol. The lowest BCUT2D eigenvalue weighted by molar-refractivity contribution is 0.419. The molecule has 1 aromatic carbocycles. The Labute approximate surface area is 110 Å². The molecule has 1 aromatic heterocycles. The van der Waals surface area contributed by atoms with E-state index in [1.54, 1.807) is 19.2 Å². The Morgan fingerprint density at radius 1 is 1.44 bits per heavy atom. The highest BCUT2D eigenvalue weighted by molar-refractivity contribution is 6.35. The second-order valence-corrected chi connectivity index (χ2v) is 4.46. The maximum atomic E-state index is 11.9. The fourth-order valence-electron chi connectivity index (χ4n) is 1.93. The van der Waals surface area contributed by atoms with Crippen LogP contribution in [0.4, 0.5) is 0 Å². The van der Waals surface area contributed by atoms with Gasteiger partial charge in [0.15, 0.2) is 0 Å². The minimum absolute atomic E-state index is 0.119. The number of methoxy groups -OCH3 is 1. The number of hydrogen-bond donors (Lipinski definition) is 2. The van der Waals surface area contributed by atoms with Gasteiger partial charge in [0, 0.05) is 10.9 Å². The quantitative estimate of drug-likeness (QED) is 0.890. The van der Waals surface area contributed by atoms with E-state index in [9.17, 15) is 4.79 Å². The smallest absolute Gasteiger partial charge is 0.251 e. The van der Waals surface area contributed by atoms with Gasteiger partial charge in [0.25, 0.3) is 5.56 Å². The number of hydrogen-bond acceptors (Lipinski definition) is 3. The molecule has 0 radical (unpaired) electrons. The summed E-state index contributed by atoms with van der Waals surface area (Å²) in [5.74, 6) is 0.694. The van der Waals surface area contributed by atoms with E-state index in [-0.39, 0.29) is 5.56 Å². The van der Waals surface area contributed by atoms with Crippen molar-refractivity contribution < 1.29 is 4.74 Å². The second kappa shape index (κ2) is 5.42. The fourth-order valence-corrected chi connectivity index (χ4v) is 2.15. The molecule has 0 fully saturated rings. The number of nitrogens with one attached hydrogen (secondary N) is 1. The summed E-state index contributed by atoms with van der Waals surface area (Å²) in [6.07, 6.45) is 1.43. The molecule has 0 saturated carbocycles. The van der Waals surface area contributed by atoms with E-state index in [0.717, 1.165) is 11.8 Å². The molecule has 0 aliphatic rings. The summed E-state index contributed by atoms with van der Waals surface area (Å²) in [6, 6.07) is 5.32. The minimum atomic E-state index is -0.119. The highest BCUT2D eigenvalue weighted by Gasteiger charge is 2.09. The molecule has 4 nitrogen and oxygen atoms in total. The number of fused-ring (bicyclic) bond motifs is 1. The molecule has 1 heterocycles. The van der Waals surface area contributed by atoms with Crippen molar-refractivity contribution >= 4 is 22.5 Å². The van der Waals surface area contributed by atoms with Crippen molar-refractivity contribution in [2.75, 3.05) is 13.7 Å². The topological polar surface area (TPSA) is 68.1 Å². The molecule has 5 heteroatoms. The fraction of sp³-hybridized carbons (Fsp3) is 0.308. The highest BCUT2D eigenvalue weighted by atomic mass is 35.5. The van der Waals surface area contributed by atoms with Crippen LogP contribution in [-0.4, -0.2) is 18.6 Å². The summed E-state index contributed by atoms with van der Waals surface area (Å²) in [5.41, 5.74) is 6.65. The number of ether oxygens (including phenoxy) is 1. The first-order chi connectivity index (χ1) is 8.67. The molecule has 0 aliphatic heterocycles. The molecule has 0 spiro atoms. The predicted octanol–water partition coefficient (Wildman–Crippen LogP) is 2.08. The maximum absolute atomic E-state index is 11.9. The summed E-state index contributed by atoms with van der Waals surface area (Å²) in [5, 5.41) is 1.32. The number of aromatic amines is 1. The number of aromatic nitrogens is 1. The lowest BCUT2D eigenvalue weighted by Gasteiger charge is -2.08. The number of nitrogens with two attached hydrogens (primary N) is 1. The van der Waals surface area contributed by atoms with Crippen LogP contribution in [0.5, 0.6) is 5.75 Å². The zero-order valence-corrected chi connectivity index (χ0v) is 10.9. The molecule has 0 amide bonds. The molecule has 18 heavy (non-hydrogen) atoms. The van der Waals surface area contributed by atoms with E-state index < -0.39 is 0 Å². The van der Waals surface area contributed by atoms with Crippen molar-refractivity contribution in [2.45, 2.75) is 12.8 Å². The lowest BCUT2D eigenvalue weighted by Crippen LogP contribution is -2.14. The van der Waals surface area contributed by atoms with Gasteiger partial charge in [0.05, 0.1) is 17.6 Å². The average Bonchev–Trinajstić information content (AvgIpc) is 2.38. The standard InChI is InChI=1S/C13H15ClN2O2/c1-18-11-5-4-10(14)12-9(11)7-8(3-2-6-15)13(17)16-12/h4-5,7H,2-3,6,15H2,1H3,(H,16,17). The molecule has 0 saturated heterocycles. The summed E-state index contributed by atoms with van der Waals surface area (Å²) in [4.78, 5) is 14.7. The largest absolute Gasteiger partial charge is 0.496 e.